The first kappa shape index (κ1) is 17.2. The summed E-state index contributed by atoms with van der Waals surface area (Å²) in [5, 5.41) is 0. The summed E-state index contributed by atoms with van der Waals surface area (Å²) in [7, 11) is 0. The van der Waals surface area contributed by atoms with Crippen molar-refractivity contribution in [3.05, 3.63) is 65.5 Å². The molecule has 0 bridgehead atoms. The highest BCUT2D eigenvalue weighted by Gasteiger charge is 2.31. The van der Waals surface area contributed by atoms with E-state index in [1.807, 2.05) is 47.5 Å². The van der Waals surface area contributed by atoms with Crippen LogP contribution in [0.4, 0.5) is 0 Å². The minimum Gasteiger partial charge on any atom is -0.334 e. The molecular formula is C21H23N3O. The van der Waals surface area contributed by atoms with Crippen LogP contribution in [0.2, 0.25) is 0 Å². The van der Waals surface area contributed by atoms with E-state index in [1.54, 1.807) is 6.20 Å². The first-order valence-corrected chi connectivity index (χ1v) is 8.70. The molecule has 2 aromatic rings. The number of carbonyl (C=O) groups excluding carboxylic acids is 1. The number of nitrogens with two attached hydrogens (primary N) is 1. The van der Waals surface area contributed by atoms with Crippen LogP contribution in [-0.2, 0) is 11.2 Å². The van der Waals surface area contributed by atoms with Crippen LogP contribution in [-0.4, -0.2) is 28.4 Å². The van der Waals surface area contributed by atoms with Crippen molar-refractivity contribution in [3.63, 3.8) is 0 Å². The zero-order chi connectivity index (χ0) is 17.6. The Morgan fingerprint density at radius 3 is 2.80 bits per heavy atom. The summed E-state index contributed by atoms with van der Waals surface area (Å²) in [5.41, 5.74) is 9.18. The van der Waals surface area contributed by atoms with Gasteiger partial charge in [-0.1, -0.05) is 24.1 Å². The Balaban J connectivity index is 1.71. The summed E-state index contributed by atoms with van der Waals surface area (Å²) >= 11 is 0. The number of pyridine rings is 1. The first-order chi connectivity index (χ1) is 12.2. The normalized spacial score (nSPS) is 18.4. The van der Waals surface area contributed by atoms with Crippen molar-refractivity contribution in [2.24, 2.45) is 5.73 Å². The van der Waals surface area contributed by atoms with Crippen LogP contribution in [0.15, 0.2) is 48.8 Å². The predicted molar refractivity (Wildman–Crippen MR) is 98.6 cm³/mol. The number of aromatic nitrogens is 1. The monoisotopic (exact) mass is 333 g/mol. The smallest absolute Gasteiger partial charge is 0.240 e. The van der Waals surface area contributed by atoms with Gasteiger partial charge in [-0.2, -0.15) is 0 Å². The zero-order valence-corrected chi connectivity index (χ0v) is 14.3. The van der Waals surface area contributed by atoms with E-state index in [0.717, 1.165) is 42.5 Å². The SMILES string of the molecule is C#Cc1ccc(CC(N)C(=O)N2CCCCC2c2cccnc2)cc1. The molecule has 2 heterocycles. The summed E-state index contributed by atoms with van der Waals surface area (Å²) < 4.78 is 0. The van der Waals surface area contributed by atoms with E-state index in [2.05, 4.69) is 10.9 Å². The fourth-order valence-electron chi connectivity index (χ4n) is 3.41. The number of benzene rings is 1. The van der Waals surface area contributed by atoms with E-state index in [-0.39, 0.29) is 11.9 Å². The molecule has 1 aromatic carbocycles. The molecule has 0 radical (unpaired) electrons. The second-order valence-corrected chi connectivity index (χ2v) is 6.48. The molecule has 1 aliphatic rings. The third kappa shape index (κ3) is 4.07. The van der Waals surface area contributed by atoms with E-state index < -0.39 is 6.04 Å². The maximum Gasteiger partial charge on any atom is 0.240 e. The quantitative estimate of drug-likeness (QED) is 0.875. The van der Waals surface area contributed by atoms with Crippen LogP contribution in [0.3, 0.4) is 0 Å². The van der Waals surface area contributed by atoms with Crippen molar-refractivity contribution in [1.29, 1.82) is 0 Å². The predicted octanol–water partition coefficient (Wildman–Crippen LogP) is 2.69. The van der Waals surface area contributed by atoms with Crippen LogP contribution in [0.1, 0.15) is 42.0 Å². The van der Waals surface area contributed by atoms with Crippen molar-refractivity contribution >= 4 is 5.91 Å². The molecule has 1 aliphatic heterocycles. The topological polar surface area (TPSA) is 59.2 Å². The molecule has 4 nitrogen and oxygen atoms in total. The number of rotatable bonds is 4. The van der Waals surface area contributed by atoms with E-state index in [1.165, 1.54) is 0 Å². The molecule has 0 aliphatic carbocycles. The maximum atomic E-state index is 13.0. The molecule has 0 spiro atoms. The van der Waals surface area contributed by atoms with Gasteiger partial charge in [0.2, 0.25) is 5.91 Å². The standard InChI is InChI=1S/C21H23N3O/c1-2-16-8-10-17(11-9-16)14-19(22)21(25)24-13-4-3-7-20(24)18-6-5-12-23-15-18/h1,5-6,8-12,15,19-20H,3-4,7,13-14,22H2. The second kappa shape index (κ2) is 7.96. The summed E-state index contributed by atoms with van der Waals surface area (Å²) in [6.07, 6.45) is 12.6. The summed E-state index contributed by atoms with van der Waals surface area (Å²) in [5.74, 6) is 2.60. The number of terminal acetylenes is 1. The highest BCUT2D eigenvalue weighted by Crippen LogP contribution is 2.31. The number of nitrogens with zero attached hydrogens (tertiary/aromatic N) is 2. The molecule has 128 valence electrons. The molecule has 3 rings (SSSR count). The van der Waals surface area contributed by atoms with Crippen molar-refractivity contribution in [1.82, 2.24) is 9.88 Å². The van der Waals surface area contributed by atoms with Crippen LogP contribution >= 0.6 is 0 Å². The van der Waals surface area contributed by atoms with E-state index in [4.69, 9.17) is 12.2 Å². The minimum atomic E-state index is -0.547. The summed E-state index contributed by atoms with van der Waals surface area (Å²) in [6, 6.07) is 11.1. The van der Waals surface area contributed by atoms with Crippen molar-refractivity contribution in [2.45, 2.75) is 37.8 Å². The molecule has 2 atom stereocenters. The van der Waals surface area contributed by atoms with Gasteiger partial charge in [0, 0.05) is 24.5 Å². The van der Waals surface area contributed by atoms with E-state index in [9.17, 15) is 4.79 Å². The van der Waals surface area contributed by atoms with Gasteiger partial charge in [0.25, 0.3) is 0 Å². The van der Waals surface area contributed by atoms with Crippen molar-refractivity contribution in [2.75, 3.05) is 6.54 Å². The van der Waals surface area contributed by atoms with Gasteiger partial charge in [-0.25, -0.2) is 0 Å². The van der Waals surface area contributed by atoms with Crippen LogP contribution in [0.25, 0.3) is 0 Å². The zero-order valence-electron chi connectivity index (χ0n) is 14.3. The number of hydrogen-bond donors (Lipinski definition) is 1. The Labute approximate surface area is 149 Å². The van der Waals surface area contributed by atoms with Crippen molar-refractivity contribution < 1.29 is 4.79 Å². The molecular weight excluding hydrogens is 310 g/mol. The Kier molecular flexibility index (Phi) is 5.47. The average Bonchev–Trinajstić information content (AvgIpc) is 2.68. The molecule has 1 fully saturated rings. The van der Waals surface area contributed by atoms with Gasteiger partial charge < -0.3 is 10.6 Å². The lowest BCUT2D eigenvalue weighted by atomic mass is 9.94. The van der Waals surface area contributed by atoms with Gasteiger partial charge >= 0.3 is 0 Å². The van der Waals surface area contributed by atoms with E-state index >= 15 is 0 Å². The number of amides is 1. The largest absolute Gasteiger partial charge is 0.334 e. The summed E-state index contributed by atoms with van der Waals surface area (Å²) in [6.45, 7) is 0.752. The fourth-order valence-corrected chi connectivity index (χ4v) is 3.41. The lowest BCUT2D eigenvalue weighted by Gasteiger charge is -2.37. The van der Waals surface area contributed by atoms with Gasteiger partial charge in [-0.05, 0) is 55.0 Å². The third-order valence-corrected chi connectivity index (χ3v) is 4.75. The first-order valence-electron chi connectivity index (χ1n) is 8.70. The third-order valence-electron chi connectivity index (χ3n) is 4.75. The average molecular weight is 333 g/mol. The Morgan fingerprint density at radius 2 is 2.12 bits per heavy atom. The van der Waals surface area contributed by atoms with Gasteiger partial charge in [-0.3, -0.25) is 9.78 Å². The Morgan fingerprint density at radius 1 is 1.32 bits per heavy atom. The molecule has 2 N–H and O–H groups in total. The highest BCUT2D eigenvalue weighted by molar-refractivity contribution is 5.82. The Bertz CT molecular complexity index is 749. The second-order valence-electron chi connectivity index (χ2n) is 6.48. The molecule has 4 heteroatoms. The molecule has 0 saturated carbocycles. The van der Waals surface area contributed by atoms with Gasteiger partial charge in [0.15, 0.2) is 0 Å². The van der Waals surface area contributed by atoms with Crippen molar-refractivity contribution in [3.8, 4) is 12.3 Å². The molecule has 1 amide bonds. The summed E-state index contributed by atoms with van der Waals surface area (Å²) in [4.78, 5) is 19.1. The van der Waals surface area contributed by atoms with E-state index in [0.29, 0.717) is 6.42 Å². The van der Waals surface area contributed by atoms with Gasteiger partial charge in [0.05, 0.1) is 12.1 Å². The van der Waals surface area contributed by atoms with Crippen LogP contribution < -0.4 is 5.73 Å². The maximum absolute atomic E-state index is 13.0. The Hall–Kier alpha value is -2.64. The number of hydrogen-bond acceptors (Lipinski definition) is 3. The highest BCUT2D eigenvalue weighted by atomic mass is 16.2. The van der Waals surface area contributed by atoms with Crippen LogP contribution in [0, 0.1) is 12.3 Å². The fraction of sp³-hybridized carbons (Fsp3) is 0.333. The lowest BCUT2D eigenvalue weighted by molar-refractivity contribution is -0.136. The lowest BCUT2D eigenvalue weighted by Crippen LogP contribution is -2.48. The van der Waals surface area contributed by atoms with Crippen LogP contribution in [0.5, 0.6) is 0 Å². The molecule has 1 saturated heterocycles. The number of carbonyl (C=O) groups is 1. The molecule has 1 aromatic heterocycles. The van der Waals surface area contributed by atoms with Gasteiger partial charge in [0.1, 0.15) is 0 Å². The molecule has 2 unspecified atom stereocenters. The minimum absolute atomic E-state index is 0.00887. The van der Waals surface area contributed by atoms with Gasteiger partial charge in [-0.15, -0.1) is 6.42 Å². The number of piperidine rings is 1. The molecule has 25 heavy (non-hydrogen) atoms. The number of likely N-dealkylation sites (tertiary alicyclic amines) is 1.